The molecule has 0 unspecified atom stereocenters. The van der Waals surface area contributed by atoms with E-state index in [1.165, 1.54) is 50.0 Å². The average Bonchev–Trinajstić information content (AvgIpc) is 2.61. The Morgan fingerprint density at radius 1 is 1.08 bits per heavy atom. The van der Waals surface area contributed by atoms with E-state index in [1.807, 2.05) is 18.2 Å². The minimum absolute atomic E-state index is 0.0716. The van der Waals surface area contributed by atoms with Gasteiger partial charge in [0.05, 0.1) is 18.7 Å². The van der Waals surface area contributed by atoms with E-state index in [4.69, 9.17) is 0 Å². The van der Waals surface area contributed by atoms with Gasteiger partial charge in [0.15, 0.2) is 0 Å². The second kappa shape index (κ2) is 8.59. The number of benzene rings is 2. The zero-order valence-electron chi connectivity index (χ0n) is 14.2. The highest BCUT2D eigenvalue weighted by Crippen LogP contribution is 2.15. The van der Waals surface area contributed by atoms with E-state index in [2.05, 4.69) is 27.3 Å². The third-order valence-electron chi connectivity index (χ3n) is 4.73. The molecule has 1 heterocycles. The Morgan fingerprint density at radius 3 is 2.52 bits per heavy atom. The van der Waals surface area contributed by atoms with Gasteiger partial charge in [-0.05, 0) is 43.0 Å². The zero-order chi connectivity index (χ0) is 17.6. The SMILES string of the molecule is O=C(NCc1ccccc1C[NH+]1CCCCC1)c1ccc(Br)cc1F. The van der Waals surface area contributed by atoms with Gasteiger partial charge in [0.2, 0.25) is 0 Å². The molecular weight excluding hydrogens is 383 g/mol. The Kier molecular flexibility index (Phi) is 6.21. The maximum atomic E-state index is 13.9. The smallest absolute Gasteiger partial charge is 0.254 e. The molecule has 132 valence electrons. The number of quaternary nitrogens is 1. The van der Waals surface area contributed by atoms with Crippen molar-refractivity contribution < 1.29 is 14.1 Å². The Bertz CT molecular complexity index is 744. The van der Waals surface area contributed by atoms with E-state index in [9.17, 15) is 9.18 Å². The second-order valence-electron chi connectivity index (χ2n) is 6.56. The fourth-order valence-corrected chi connectivity index (χ4v) is 3.68. The first-order valence-corrected chi connectivity index (χ1v) is 9.56. The lowest BCUT2D eigenvalue weighted by Gasteiger charge is -2.24. The first kappa shape index (κ1) is 18.1. The van der Waals surface area contributed by atoms with Gasteiger partial charge >= 0.3 is 0 Å². The first-order valence-electron chi connectivity index (χ1n) is 8.77. The van der Waals surface area contributed by atoms with Crippen LogP contribution in [0.3, 0.4) is 0 Å². The van der Waals surface area contributed by atoms with Gasteiger partial charge in [0.1, 0.15) is 12.4 Å². The summed E-state index contributed by atoms with van der Waals surface area (Å²) in [4.78, 5) is 13.9. The van der Waals surface area contributed by atoms with Gasteiger partial charge in [0.25, 0.3) is 5.91 Å². The Balaban J connectivity index is 1.65. The molecule has 3 rings (SSSR count). The van der Waals surface area contributed by atoms with Gasteiger partial charge in [0, 0.05) is 16.6 Å². The van der Waals surface area contributed by atoms with Crippen molar-refractivity contribution in [3.8, 4) is 0 Å². The van der Waals surface area contributed by atoms with Crippen molar-refractivity contribution >= 4 is 21.8 Å². The van der Waals surface area contributed by atoms with Crippen LogP contribution in [0.1, 0.15) is 40.7 Å². The van der Waals surface area contributed by atoms with Crippen molar-refractivity contribution in [2.24, 2.45) is 0 Å². The fraction of sp³-hybridized carbons (Fsp3) is 0.350. The van der Waals surface area contributed by atoms with Crippen molar-refractivity contribution in [1.29, 1.82) is 0 Å². The van der Waals surface area contributed by atoms with Crippen LogP contribution in [0.2, 0.25) is 0 Å². The molecule has 25 heavy (non-hydrogen) atoms. The maximum absolute atomic E-state index is 13.9. The van der Waals surface area contributed by atoms with Crippen molar-refractivity contribution in [3.05, 3.63) is 69.4 Å². The molecule has 2 N–H and O–H groups in total. The van der Waals surface area contributed by atoms with Crippen molar-refractivity contribution in [1.82, 2.24) is 5.32 Å². The summed E-state index contributed by atoms with van der Waals surface area (Å²) >= 11 is 3.20. The fourth-order valence-electron chi connectivity index (χ4n) is 3.34. The highest BCUT2D eigenvalue weighted by atomic mass is 79.9. The molecule has 1 aliphatic heterocycles. The third kappa shape index (κ3) is 4.89. The molecule has 0 aliphatic carbocycles. The minimum Gasteiger partial charge on any atom is -0.348 e. The summed E-state index contributed by atoms with van der Waals surface area (Å²) in [6.45, 7) is 3.83. The molecule has 3 nitrogen and oxygen atoms in total. The van der Waals surface area contributed by atoms with Crippen molar-refractivity contribution in [3.63, 3.8) is 0 Å². The van der Waals surface area contributed by atoms with E-state index in [0.29, 0.717) is 11.0 Å². The molecule has 1 aliphatic rings. The van der Waals surface area contributed by atoms with Crippen LogP contribution in [0.15, 0.2) is 46.9 Å². The lowest BCUT2D eigenvalue weighted by molar-refractivity contribution is -0.918. The number of likely N-dealkylation sites (tertiary alicyclic amines) is 1. The lowest BCUT2D eigenvalue weighted by atomic mass is 10.0. The molecular formula is C20H23BrFN2O+. The number of hydrogen-bond donors (Lipinski definition) is 2. The Morgan fingerprint density at radius 2 is 1.80 bits per heavy atom. The molecule has 1 fully saturated rings. The standard InChI is InChI=1S/C20H22BrFN2O/c21-17-8-9-18(19(22)12-17)20(25)23-13-15-6-2-3-7-16(15)14-24-10-4-1-5-11-24/h2-3,6-9,12H,1,4-5,10-11,13-14H2,(H,23,25)/p+1. The van der Waals surface area contributed by atoms with Crippen molar-refractivity contribution in [2.75, 3.05) is 13.1 Å². The van der Waals surface area contributed by atoms with Crippen LogP contribution in [0.4, 0.5) is 4.39 Å². The quantitative estimate of drug-likeness (QED) is 0.787. The normalized spacial score (nSPS) is 15.1. The van der Waals surface area contributed by atoms with Crippen LogP contribution < -0.4 is 10.2 Å². The van der Waals surface area contributed by atoms with Crippen LogP contribution in [0.5, 0.6) is 0 Å². The number of piperidine rings is 1. The molecule has 0 saturated carbocycles. The molecule has 0 atom stereocenters. The van der Waals surface area contributed by atoms with Crippen LogP contribution in [0.25, 0.3) is 0 Å². The monoisotopic (exact) mass is 405 g/mol. The Hall–Kier alpha value is -1.72. The van der Waals surface area contributed by atoms with Gasteiger partial charge < -0.3 is 10.2 Å². The van der Waals surface area contributed by atoms with E-state index in [-0.39, 0.29) is 11.5 Å². The topological polar surface area (TPSA) is 33.5 Å². The number of nitrogens with one attached hydrogen (secondary N) is 2. The van der Waals surface area contributed by atoms with E-state index < -0.39 is 5.82 Å². The Labute approximate surface area is 156 Å². The van der Waals surface area contributed by atoms with Crippen molar-refractivity contribution in [2.45, 2.75) is 32.4 Å². The maximum Gasteiger partial charge on any atom is 0.254 e. The predicted octanol–water partition coefficient (Wildman–Crippen LogP) is 3.09. The highest BCUT2D eigenvalue weighted by molar-refractivity contribution is 9.10. The van der Waals surface area contributed by atoms with Crippen LogP contribution in [0, 0.1) is 5.82 Å². The number of halogens is 2. The third-order valence-corrected chi connectivity index (χ3v) is 5.23. The number of hydrogen-bond acceptors (Lipinski definition) is 1. The predicted molar refractivity (Wildman–Crippen MR) is 100.0 cm³/mol. The van der Waals surface area contributed by atoms with Gasteiger partial charge in [-0.2, -0.15) is 0 Å². The molecule has 0 aromatic heterocycles. The molecule has 0 spiro atoms. The average molecular weight is 406 g/mol. The lowest BCUT2D eigenvalue weighted by Crippen LogP contribution is -3.11. The minimum atomic E-state index is -0.516. The molecule has 0 bridgehead atoms. The molecule has 1 saturated heterocycles. The summed E-state index contributed by atoms with van der Waals surface area (Å²) in [5, 5.41) is 2.85. The number of amides is 1. The van der Waals surface area contributed by atoms with E-state index >= 15 is 0 Å². The summed E-state index contributed by atoms with van der Waals surface area (Å²) in [6, 6.07) is 12.7. The van der Waals surface area contributed by atoms with Gasteiger partial charge in [-0.15, -0.1) is 0 Å². The largest absolute Gasteiger partial charge is 0.348 e. The summed E-state index contributed by atoms with van der Waals surface area (Å²) in [7, 11) is 0. The second-order valence-corrected chi connectivity index (χ2v) is 7.48. The molecule has 2 aromatic rings. The van der Waals surface area contributed by atoms with Crippen LogP contribution in [-0.2, 0) is 13.1 Å². The molecule has 0 radical (unpaired) electrons. The summed E-state index contributed by atoms with van der Waals surface area (Å²) in [5.74, 6) is -0.900. The van der Waals surface area contributed by atoms with Gasteiger partial charge in [-0.1, -0.05) is 40.2 Å². The van der Waals surface area contributed by atoms with Gasteiger partial charge in [-0.3, -0.25) is 4.79 Å². The number of rotatable bonds is 5. The molecule has 1 amide bonds. The van der Waals surface area contributed by atoms with Crippen LogP contribution in [-0.4, -0.2) is 19.0 Å². The summed E-state index contributed by atoms with van der Waals surface area (Å²) < 4.78 is 14.5. The van der Waals surface area contributed by atoms with E-state index in [0.717, 1.165) is 12.1 Å². The summed E-state index contributed by atoms with van der Waals surface area (Å²) in [5.41, 5.74) is 2.43. The summed E-state index contributed by atoms with van der Waals surface area (Å²) in [6.07, 6.45) is 3.91. The highest BCUT2D eigenvalue weighted by Gasteiger charge is 2.16. The van der Waals surface area contributed by atoms with Crippen LogP contribution >= 0.6 is 15.9 Å². The van der Waals surface area contributed by atoms with E-state index in [1.54, 1.807) is 11.0 Å². The number of carbonyl (C=O) groups is 1. The first-order chi connectivity index (χ1) is 12.1. The molecule has 2 aromatic carbocycles. The molecule has 5 heteroatoms. The van der Waals surface area contributed by atoms with Gasteiger partial charge in [-0.25, -0.2) is 4.39 Å². The number of carbonyl (C=O) groups excluding carboxylic acids is 1. The zero-order valence-corrected chi connectivity index (χ0v) is 15.7.